The Labute approximate surface area is 280 Å². The molecule has 10 heteroatoms. The van der Waals surface area contributed by atoms with Crippen molar-refractivity contribution < 1.29 is 33.8 Å². The Morgan fingerprint density at radius 2 is 1.33 bits per heavy atom. The first kappa shape index (κ1) is 35.2. The standard InChI is InChI=1S/C38H41N3O7/c1-2-3-4-5-6-23-47-32-21-13-29(14-22-32)38(46)48-33-19-9-26(10-20-33)24-34(37(44)45)41-36(43)28-11-17-31(18-12-28)40-35(42)25-27-7-15-30(39)16-8-27/h7-22,34H,2-6,23-25,39H2,1H3,(H,40,42)(H,41,43)(H,44,45)/t34-/m0/s1. The average molecular weight is 652 g/mol. The minimum atomic E-state index is -1.21. The fraction of sp³-hybridized carbons (Fsp3) is 0.263. The summed E-state index contributed by atoms with van der Waals surface area (Å²) in [4.78, 5) is 49.8. The second kappa shape index (κ2) is 17.9. The highest BCUT2D eigenvalue weighted by Crippen LogP contribution is 2.19. The van der Waals surface area contributed by atoms with E-state index >= 15 is 0 Å². The van der Waals surface area contributed by atoms with Crippen molar-refractivity contribution in [2.45, 2.75) is 57.9 Å². The molecule has 0 fully saturated rings. The molecule has 0 saturated heterocycles. The highest BCUT2D eigenvalue weighted by atomic mass is 16.5. The van der Waals surface area contributed by atoms with E-state index in [1.165, 1.54) is 31.4 Å². The number of carboxylic acid groups (broad SMARTS) is 1. The summed E-state index contributed by atoms with van der Waals surface area (Å²) in [5.74, 6) is -1.54. The van der Waals surface area contributed by atoms with Gasteiger partial charge in [-0.25, -0.2) is 9.59 Å². The van der Waals surface area contributed by atoms with Crippen LogP contribution >= 0.6 is 0 Å². The molecule has 0 spiro atoms. The van der Waals surface area contributed by atoms with Crippen molar-refractivity contribution in [3.8, 4) is 11.5 Å². The van der Waals surface area contributed by atoms with Gasteiger partial charge in [0.1, 0.15) is 17.5 Å². The molecule has 0 aliphatic heterocycles. The average Bonchev–Trinajstić information content (AvgIpc) is 3.08. The monoisotopic (exact) mass is 651 g/mol. The molecule has 0 aliphatic rings. The number of carboxylic acids is 1. The number of anilines is 2. The summed E-state index contributed by atoms with van der Waals surface area (Å²) in [6.07, 6.45) is 5.93. The molecule has 0 bridgehead atoms. The SMILES string of the molecule is CCCCCCCOc1ccc(C(=O)Oc2ccc(C[C@H](NC(=O)c3ccc(NC(=O)Cc4ccc(N)cc4)cc3)C(=O)O)cc2)cc1. The molecule has 48 heavy (non-hydrogen) atoms. The van der Waals surface area contributed by atoms with Crippen molar-refractivity contribution in [1.82, 2.24) is 5.32 Å². The van der Waals surface area contributed by atoms with Gasteiger partial charge in [0.15, 0.2) is 0 Å². The van der Waals surface area contributed by atoms with Gasteiger partial charge in [0.25, 0.3) is 5.91 Å². The van der Waals surface area contributed by atoms with Crippen LogP contribution in [0.5, 0.6) is 11.5 Å². The minimum Gasteiger partial charge on any atom is -0.494 e. The number of aliphatic carboxylic acids is 1. The number of unbranched alkanes of at least 4 members (excludes halogenated alkanes) is 4. The zero-order valence-corrected chi connectivity index (χ0v) is 26.9. The molecule has 4 aromatic carbocycles. The van der Waals surface area contributed by atoms with Crippen molar-refractivity contribution in [2.75, 3.05) is 17.7 Å². The number of hydrogen-bond acceptors (Lipinski definition) is 7. The third-order valence-corrected chi connectivity index (χ3v) is 7.56. The van der Waals surface area contributed by atoms with Crippen molar-refractivity contribution in [1.29, 1.82) is 0 Å². The van der Waals surface area contributed by atoms with E-state index in [9.17, 15) is 24.3 Å². The molecule has 0 aliphatic carbocycles. The van der Waals surface area contributed by atoms with E-state index in [0.717, 1.165) is 18.4 Å². The first-order valence-corrected chi connectivity index (χ1v) is 16.0. The number of amides is 2. The maximum absolute atomic E-state index is 12.8. The minimum absolute atomic E-state index is 0.00857. The van der Waals surface area contributed by atoms with Crippen LogP contribution in [0.1, 0.15) is 70.9 Å². The molecule has 10 nitrogen and oxygen atoms in total. The number of rotatable bonds is 17. The van der Waals surface area contributed by atoms with Crippen LogP contribution < -0.4 is 25.8 Å². The number of benzene rings is 4. The van der Waals surface area contributed by atoms with E-state index in [1.807, 2.05) is 0 Å². The van der Waals surface area contributed by atoms with E-state index in [-0.39, 0.29) is 24.3 Å². The number of ether oxygens (including phenoxy) is 2. The lowest BCUT2D eigenvalue weighted by molar-refractivity contribution is -0.139. The van der Waals surface area contributed by atoms with Crippen LogP contribution in [0, 0.1) is 0 Å². The maximum Gasteiger partial charge on any atom is 0.343 e. The molecule has 0 saturated carbocycles. The summed E-state index contributed by atoms with van der Waals surface area (Å²) in [5.41, 5.74) is 8.83. The van der Waals surface area contributed by atoms with Gasteiger partial charge in [-0.1, -0.05) is 56.9 Å². The quantitative estimate of drug-likeness (QED) is 0.0440. The summed E-state index contributed by atoms with van der Waals surface area (Å²) in [5, 5.41) is 15.1. The van der Waals surface area contributed by atoms with Gasteiger partial charge in [-0.05, 0) is 90.3 Å². The molecule has 250 valence electrons. The van der Waals surface area contributed by atoms with Gasteiger partial charge in [-0.2, -0.15) is 0 Å². The Hall–Kier alpha value is -5.64. The predicted molar refractivity (Wildman–Crippen MR) is 184 cm³/mol. The lowest BCUT2D eigenvalue weighted by atomic mass is 10.0. The van der Waals surface area contributed by atoms with Crippen LogP contribution in [0.3, 0.4) is 0 Å². The van der Waals surface area contributed by atoms with Crippen LogP contribution in [0.4, 0.5) is 11.4 Å². The third-order valence-electron chi connectivity index (χ3n) is 7.56. The largest absolute Gasteiger partial charge is 0.494 e. The van der Waals surface area contributed by atoms with Gasteiger partial charge in [-0.15, -0.1) is 0 Å². The van der Waals surface area contributed by atoms with Crippen LogP contribution in [-0.4, -0.2) is 41.5 Å². The molecular formula is C38H41N3O7. The molecule has 0 aromatic heterocycles. The highest BCUT2D eigenvalue weighted by molar-refractivity contribution is 5.98. The topological polar surface area (TPSA) is 157 Å². The predicted octanol–water partition coefficient (Wildman–Crippen LogP) is 6.44. The summed E-state index contributed by atoms with van der Waals surface area (Å²) >= 11 is 0. The van der Waals surface area contributed by atoms with Crippen molar-refractivity contribution in [2.24, 2.45) is 0 Å². The number of carbonyl (C=O) groups is 4. The van der Waals surface area contributed by atoms with Gasteiger partial charge < -0.3 is 30.9 Å². The van der Waals surface area contributed by atoms with Crippen molar-refractivity contribution in [3.63, 3.8) is 0 Å². The Balaban J connectivity index is 1.24. The van der Waals surface area contributed by atoms with E-state index in [2.05, 4.69) is 17.6 Å². The molecule has 4 rings (SSSR count). The number of nitrogen functional groups attached to an aromatic ring is 1. The normalized spacial score (nSPS) is 11.3. The van der Waals surface area contributed by atoms with E-state index in [4.69, 9.17) is 15.2 Å². The van der Waals surface area contributed by atoms with Gasteiger partial charge in [0.05, 0.1) is 18.6 Å². The van der Waals surface area contributed by atoms with Crippen LogP contribution in [0.2, 0.25) is 0 Å². The number of esters is 1. The van der Waals surface area contributed by atoms with E-state index < -0.39 is 23.9 Å². The zero-order valence-electron chi connectivity index (χ0n) is 26.9. The lowest BCUT2D eigenvalue weighted by Crippen LogP contribution is -2.42. The van der Waals surface area contributed by atoms with E-state index in [1.54, 1.807) is 84.9 Å². The summed E-state index contributed by atoms with van der Waals surface area (Å²) < 4.78 is 11.2. The first-order valence-electron chi connectivity index (χ1n) is 16.0. The zero-order chi connectivity index (χ0) is 34.3. The highest BCUT2D eigenvalue weighted by Gasteiger charge is 2.21. The molecular weight excluding hydrogens is 610 g/mol. The number of hydrogen-bond donors (Lipinski definition) is 4. The molecule has 2 amide bonds. The van der Waals surface area contributed by atoms with Crippen LogP contribution in [0.25, 0.3) is 0 Å². The third kappa shape index (κ3) is 11.3. The number of carbonyl (C=O) groups excluding carboxylic acids is 3. The molecule has 4 aromatic rings. The second-order valence-electron chi connectivity index (χ2n) is 11.4. The van der Waals surface area contributed by atoms with Crippen molar-refractivity contribution in [3.05, 3.63) is 119 Å². The van der Waals surface area contributed by atoms with Gasteiger partial charge in [0, 0.05) is 23.4 Å². The van der Waals surface area contributed by atoms with Gasteiger partial charge >= 0.3 is 11.9 Å². The Bertz CT molecular complexity index is 1650. The van der Waals surface area contributed by atoms with Gasteiger partial charge in [-0.3, -0.25) is 9.59 Å². The fourth-order valence-corrected chi connectivity index (χ4v) is 4.85. The molecule has 5 N–H and O–H groups in total. The maximum atomic E-state index is 12.8. The van der Waals surface area contributed by atoms with Crippen molar-refractivity contribution >= 4 is 35.1 Å². The Morgan fingerprint density at radius 1 is 0.729 bits per heavy atom. The summed E-state index contributed by atoms with van der Waals surface area (Å²) in [7, 11) is 0. The van der Waals surface area contributed by atoms with Crippen LogP contribution in [-0.2, 0) is 22.4 Å². The summed E-state index contributed by atoms with van der Waals surface area (Å²) in [6, 6.07) is 25.2. The Kier molecular flexibility index (Phi) is 13.1. The molecule has 1 atom stereocenters. The smallest absolute Gasteiger partial charge is 0.343 e. The second-order valence-corrected chi connectivity index (χ2v) is 11.4. The van der Waals surface area contributed by atoms with Gasteiger partial charge in [0.2, 0.25) is 5.91 Å². The van der Waals surface area contributed by atoms with Crippen LogP contribution in [0.15, 0.2) is 97.1 Å². The lowest BCUT2D eigenvalue weighted by Gasteiger charge is -2.15. The number of nitrogens with two attached hydrogens (primary N) is 1. The fourth-order valence-electron chi connectivity index (χ4n) is 4.85. The number of nitrogens with one attached hydrogen (secondary N) is 2. The first-order chi connectivity index (χ1) is 23.2. The molecule has 0 unspecified atom stereocenters. The van der Waals surface area contributed by atoms with E-state index in [0.29, 0.717) is 40.6 Å². The molecule has 0 radical (unpaired) electrons. The molecule has 0 heterocycles. The summed E-state index contributed by atoms with van der Waals surface area (Å²) in [6.45, 7) is 2.81. The Morgan fingerprint density at radius 3 is 1.98 bits per heavy atom.